The Balaban J connectivity index is 1.41. The third kappa shape index (κ3) is 4.19. The summed E-state index contributed by atoms with van der Waals surface area (Å²) < 4.78 is 10.9. The second-order valence-electron chi connectivity index (χ2n) is 8.18. The summed E-state index contributed by atoms with van der Waals surface area (Å²) in [6.45, 7) is 0.512. The molecule has 1 N–H and O–H groups in total. The van der Waals surface area contributed by atoms with E-state index >= 15 is 0 Å². The second kappa shape index (κ2) is 8.82. The molecule has 1 fully saturated rings. The van der Waals surface area contributed by atoms with Gasteiger partial charge in [-0.1, -0.05) is 18.2 Å². The van der Waals surface area contributed by atoms with E-state index in [9.17, 15) is 14.4 Å². The van der Waals surface area contributed by atoms with Crippen LogP contribution in [0.25, 0.3) is 0 Å². The summed E-state index contributed by atoms with van der Waals surface area (Å²) in [7, 11) is 0. The van der Waals surface area contributed by atoms with Crippen LogP contribution < -0.4 is 10.4 Å². The van der Waals surface area contributed by atoms with Crippen LogP contribution in [0.5, 0.6) is 0 Å². The zero-order valence-corrected chi connectivity index (χ0v) is 17.8. The molecule has 0 radical (unpaired) electrons. The van der Waals surface area contributed by atoms with Gasteiger partial charge in [0.25, 0.3) is 5.91 Å². The molecule has 1 saturated heterocycles. The second-order valence-corrected chi connectivity index (χ2v) is 8.18. The standard InChI is InChI=1S/C25H23N3O5/c29-23-21-10-1-2-11-22(21)25(31)28(26-23)18-7-3-6-17(14-18)24(30)27(15-19-8-4-12-32-19)16-20-9-5-13-33-20/h1-9,12-14,21-22H,10-11,15-16H2,(H,26,29). The molecular weight excluding hydrogens is 422 g/mol. The summed E-state index contributed by atoms with van der Waals surface area (Å²) in [5, 5.41) is 1.27. The molecule has 3 amide bonds. The number of hydrazine groups is 1. The smallest absolute Gasteiger partial charge is 0.254 e. The number of nitrogens with zero attached hydrogens (tertiary/aromatic N) is 2. The number of allylic oxidation sites excluding steroid dienone is 2. The molecule has 2 aromatic heterocycles. The average Bonchev–Trinajstić information content (AvgIpc) is 3.55. The molecule has 2 aliphatic rings. The molecule has 1 aromatic carbocycles. The maximum atomic E-state index is 13.4. The first-order valence-corrected chi connectivity index (χ1v) is 10.8. The summed E-state index contributed by atoms with van der Waals surface area (Å²) in [5.74, 6) is -0.0616. The van der Waals surface area contributed by atoms with Crippen LogP contribution in [0.1, 0.15) is 34.7 Å². The molecule has 1 aliphatic heterocycles. The van der Waals surface area contributed by atoms with Crippen LogP contribution in [-0.4, -0.2) is 22.6 Å². The van der Waals surface area contributed by atoms with E-state index in [1.54, 1.807) is 66.0 Å². The lowest BCUT2D eigenvalue weighted by Gasteiger charge is -2.38. The first-order valence-electron chi connectivity index (χ1n) is 10.8. The van der Waals surface area contributed by atoms with Gasteiger partial charge in [0.2, 0.25) is 11.8 Å². The van der Waals surface area contributed by atoms with Crippen molar-refractivity contribution in [1.82, 2.24) is 10.3 Å². The lowest BCUT2D eigenvalue weighted by atomic mass is 9.80. The van der Waals surface area contributed by atoms with Gasteiger partial charge in [0.1, 0.15) is 11.5 Å². The summed E-state index contributed by atoms with van der Waals surface area (Å²) in [5.41, 5.74) is 3.54. The number of carbonyl (C=O) groups is 3. The topological polar surface area (TPSA) is 96.0 Å². The molecule has 3 aromatic rings. The van der Waals surface area contributed by atoms with Crippen molar-refractivity contribution in [3.63, 3.8) is 0 Å². The Labute approximate surface area is 190 Å². The highest BCUT2D eigenvalue weighted by molar-refractivity contribution is 6.05. The van der Waals surface area contributed by atoms with E-state index < -0.39 is 5.92 Å². The number of anilines is 1. The Morgan fingerprint density at radius 2 is 1.61 bits per heavy atom. The summed E-state index contributed by atoms with van der Waals surface area (Å²) in [4.78, 5) is 40.8. The number of fused-ring (bicyclic) bond motifs is 1. The normalized spacial score (nSPS) is 19.8. The maximum absolute atomic E-state index is 13.4. The number of benzene rings is 1. The number of hydrogen-bond donors (Lipinski definition) is 1. The van der Waals surface area contributed by atoms with E-state index in [4.69, 9.17) is 8.83 Å². The monoisotopic (exact) mass is 445 g/mol. The number of rotatable bonds is 6. The number of hydrogen-bond acceptors (Lipinski definition) is 5. The van der Waals surface area contributed by atoms with Gasteiger partial charge in [-0.05, 0) is 55.3 Å². The minimum Gasteiger partial charge on any atom is -0.467 e. The zero-order chi connectivity index (χ0) is 22.8. The third-order valence-electron chi connectivity index (χ3n) is 6.02. The van der Waals surface area contributed by atoms with Crippen molar-refractivity contribution in [2.75, 3.05) is 5.01 Å². The van der Waals surface area contributed by atoms with Crippen molar-refractivity contribution >= 4 is 23.4 Å². The Hall–Kier alpha value is -4.07. The molecule has 8 nitrogen and oxygen atoms in total. The van der Waals surface area contributed by atoms with Crippen molar-refractivity contribution in [2.45, 2.75) is 25.9 Å². The van der Waals surface area contributed by atoms with Crippen molar-refractivity contribution < 1.29 is 23.2 Å². The van der Waals surface area contributed by atoms with Crippen LogP contribution in [0.3, 0.4) is 0 Å². The van der Waals surface area contributed by atoms with E-state index in [-0.39, 0.29) is 36.7 Å². The third-order valence-corrected chi connectivity index (χ3v) is 6.02. The molecule has 5 rings (SSSR count). The first-order chi connectivity index (χ1) is 16.1. The minimum atomic E-state index is -0.391. The molecule has 0 saturated carbocycles. The fraction of sp³-hybridized carbons (Fsp3) is 0.240. The van der Waals surface area contributed by atoms with Gasteiger partial charge in [0.15, 0.2) is 0 Å². The zero-order valence-electron chi connectivity index (χ0n) is 17.8. The first kappa shape index (κ1) is 20.8. The minimum absolute atomic E-state index is 0.170. The van der Waals surface area contributed by atoms with Crippen LogP contribution >= 0.6 is 0 Å². The van der Waals surface area contributed by atoms with Gasteiger partial charge in [-0.25, -0.2) is 5.01 Å². The van der Waals surface area contributed by atoms with E-state index in [1.165, 1.54) is 5.01 Å². The molecule has 0 spiro atoms. The SMILES string of the molecule is O=C1NN(c2cccc(C(=O)N(Cc3ccco3)Cc3ccco3)c2)C(=O)C2CC=CCC12. The lowest BCUT2D eigenvalue weighted by Crippen LogP contribution is -2.59. The molecule has 3 heterocycles. The molecular formula is C25H23N3O5. The number of furan rings is 2. The molecule has 0 bridgehead atoms. The summed E-state index contributed by atoms with van der Waals surface area (Å²) in [6, 6.07) is 13.9. The van der Waals surface area contributed by atoms with Crippen molar-refractivity contribution in [3.8, 4) is 0 Å². The van der Waals surface area contributed by atoms with Crippen LogP contribution in [-0.2, 0) is 22.7 Å². The van der Waals surface area contributed by atoms with Crippen molar-refractivity contribution in [2.24, 2.45) is 11.8 Å². The predicted octanol–water partition coefficient (Wildman–Crippen LogP) is 3.68. The Morgan fingerprint density at radius 1 is 0.939 bits per heavy atom. The summed E-state index contributed by atoms with van der Waals surface area (Å²) in [6.07, 6.45) is 8.09. The highest BCUT2D eigenvalue weighted by atomic mass is 16.3. The van der Waals surface area contributed by atoms with E-state index in [1.807, 2.05) is 12.2 Å². The van der Waals surface area contributed by atoms with Crippen molar-refractivity contribution in [3.05, 3.63) is 90.3 Å². The fourth-order valence-corrected chi connectivity index (χ4v) is 4.32. The van der Waals surface area contributed by atoms with Gasteiger partial charge in [0, 0.05) is 5.56 Å². The van der Waals surface area contributed by atoms with Gasteiger partial charge in [-0.2, -0.15) is 0 Å². The average molecular weight is 445 g/mol. The van der Waals surface area contributed by atoms with Gasteiger partial charge in [-0.3, -0.25) is 19.8 Å². The molecule has 2 unspecified atom stereocenters. The van der Waals surface area contributed by atoms with Gasteiger partial charge >= 0.3 is 0 Å². The Bertz CT molecular complexity index is 1150. The lowest BCUT2D eigenvalue weighted by molar-refractivity contribution is -0.139. The van der Waals surface area contributed by atoms with Gasteiger partial charge < -0.3 is 13.7 Å². The quantitative estimate of drug-likeness (QED) is 0.584. The molecule has 8 heteroatoms. The highest BCUT2D eigenvalue weighted by Gasteiger charge is 2.42. The number of carbonyl (C=O) groups excluding carboxylic acids is 3. The number of nitrogens with one attached hydrogen (secondary N) is 1. The van der Waals surface area contributed by atoms with Crippen LogP contribution in [0.2, 0.25) is 0 Å². The Morgan fingerprint density at radius 3 is 2.24 bits per heavy atom. The molecule has 168 valence electrons. The maximum Gasteiger partial charge on any atom is 0.254 e. The fourth-order valence-electron chi connectivity index (χ4n) is 4.32. The van der Waals surface area contributed by atoms with Crippen LogP contribution in [0.15, 0.2) is 82.0 Å². The van der Waals surface area contributed by atoms with Crippen LogP contribution in [0.4, 0.5) is 5.69 Å². The van der Waals surface area contributed by atoms with Crippen LogP contribution in [0, 0.1) is 11.8 Å². The van der Waals surface area contributed by atoms with Gasteiger partial charge in [0.05, 0.1) is 43.1 Å². The largest absolute Gasteiger partial charge is 0.467 e. The van der Waals surface area contributed by atoms with Crippen molar-refractivity contribution in [1.29, 1.82) is 0 Å². The molecule has 33 heavy (non-hydrogen) atoms. The number of amides is 3. The summed E-state index contributed by atoms with van der Waals surface area (Å²) >= 11 is 0. The van der Waals surface area contributed by atoms with Gasteiger partial charge in [-0.15, -0.1) is 0 Å². The Kier molecular flexibility index (Phi) is 5.56. The van der Waals surface area contributed by atoms with E-state index in [0.717, 1.165) is 0 Å². The van der Waals surface area contributed by atoms with E-state index in [2.05, 4.69) is 5.43 Å². The molecule has 1 aliphatic carbocycles. The molecule has 2 atom stereocenters. The predicted molar refractivity (Wildman–Crippen MR) is 118 cm³/mol. The van der Waals surface area contributed by atoms with E-state index in [0.29, 0.717) is 35.6 Å². The highest BCUT2D eigenvalue weighted by Crippen LogP contribution is 2.32.